The number of carbonyl (C=O) groups is 2. The number of nitrogens with zero attached hydrogens (tertiary/aromatic N) is 5. The SMILES string of the molecule is CCN(C(=O)COC(=O)c1csc(-c2cnn(C)c2)n1)c1nc2ccccc2s1. The third kappa shape index (κ3) is 4.03. The van der Waals surface area contributed by atoms with Crippen molar-refractivity contribution in [2.75, 3.05) is 18.1 Å². The molecule has 0 unspecified atom stereocenters. The van der Waals surface area contributed by atoms with Gasteiger partial charge in [-0.1, -0.05) is 23.5 Å². The highest BCUT2D eigenvalue weighted by atomic mass is 32.1. The van der Waals surface area contributed by atoms with Crippen molar-refractivity contribution in [3.63, 3.8) is 0 Å². The molecule has 10 heteroatoms. The molecule has 0 atom stereocenters. The van der Waals surface area contributed by atoms with E-state index in [1.165, 1.54) is 27.6 Å². The Morgan fingerprint density at radius 1 is 1.24 bits per heavy atom. The molecule has 4 aromatic rings. The number of likely N-dealkylation sites (N-methyl/N-ethyl adjacent to an activating group) is 1. The van der Waals surface area contributed by atoms with Crippen molar-refractivity contribution < 1.29 is 14.3 Å². The summed E-state index contributed by atoms with van der Waals surface area (Å²) in [6.45, 7) is 1.91. The quantitative estimate of drug-likeness (QED) is 0.438. The van der Waals surface area contributed by atoms with Gasteiger partial charge < -0.3 is 4.74 Å². The molecule has 0 spiro atoms. The van der Waals surface area contributed by atoms with Crippen molar-refractivity contribution >= 4 is 49.9 Å². The summed E-state index contributed by atoms with van der Waals surface area (Å²) >= 11 is 2.75. The van der Waals surface area contributed by atoms with E-state index in [0.717, 1.165) is 15.8 Å². The molecule has 3 heterocycles. The Hall–Kier alpha value is -3.11. The predicted octanol–water partition coefficient (Wildman–Crippen LogP) is 3.36. The number of esters is 1. The molecule has 0 radical (unpaired) electrons. The first-order valence-corrected chi connectivity index (χ1v) is 10.5. The molecule has 1 amide bonds. The minimum Gasteiger partial charge on any atom is -0.451 e. The van der Waals surface area contributed by atoms with E-state index in [2.05, 4.69) is 15.1 Å². The second kappa shape index (κ2) is 8.10. The van der Waals surface area contributed by atoms with Crippen molar-refractivity contribution in [3.05, 3.63) is 47.7 Å². The number of ether oxygens (including phenoxy) is 1. The lowest BCUT2D eigenvalue weighted by Gasteiger charge is -2.17. The van der Waals surface area contributed by atoms with E-state index in [1.54, 1.807) is 16.3 Å². The van der Waals surface area contributed by atoms with Gasteiger partial charge in [0.2, 0.25) is 0 Å². The van der Waals surface area contributed by atoms with Crippen LogP contribution in [-0.2, 0) is 16.6 Å². The fourth-order valence-electron chi connectivity index (χ4n) is 2.70. The highest BCUT2D eigenvalue weighted by Gasteiger charge is 2.21. The monoisotopic (exact) mass is 427 g/mol. The second-order valence-corrected chi connectivity index (χ2v) is 7.99. The molecular weight excluding hydrogens is 410 g/mol. The number of aryl methyl sites for hydroxylation is 1. The van der Waals surface area contributed by atoms with Crippen LogP contribution in [0.3, 0.4) is 0 Å². The van der Waals surface area contributed by atoms with Gasteiger partial charge in [0.25, 0.3) is 5.91 Å². The standard InChI is InChI=1S/C19H17N5O3S2/c1-3-24(19-22-13-6-4-5-7-15(13)29-19)16(25)10-27-18(26)14-11-28-17(21-14)12-8-20-23(2)9-12/h4-9,11H,3,10H2,1-2H3. The van der Waals surface area contributed by atoms with Crippen LogP contribution in [0.15, 0.2) is 42.0 Å². The molecule has 148 valence electrons. The number of anilines is 1. The van der Waals surface area contributed by atoms with Crippen molar-refractivity contribution in [3.8, 4) is 10.6 Å². The number of rotatable bonds is 6. The van der Waals surface area contributed by atoms with Crippen LogP contribution in [0.2, 0.25) is 0 Å². The zero-order valence-electron chi connectivity index (χ0n) is 15.7. The molecule has 8 nitrogen and oxygen atoms in total. The second-order valence-electron chi connectivity index (χ2n) is 6.12. The van der Waals surface area contributed by atoms with Gasteiger partial charge in [-0.05, 0) is 19.1 Å². The highest BCUT2D eigenvalue weighted by molar-refractivity contribution is 7.22. The summed E-state index contributed by atoms with van der Waals surface area (Å²) in [5, 5.41) is 6.96. The molecular formula is C19H17N5O3S2. The normalized spacial score (nSPS) is 11.0. The van der Waals surface area contributed by atoms with Crippen LogP contribution >= 0.6 is 22.7 Å². The molecule has 0 saturated carbocycles. The van der Waals surface area contributed by atoms with E-state index in [-0.39, 0.29) is 18.2 Å². The topological polar surface area (TPSA) is 90.2 Å². The Morgan fingerprint density at radius 3 is 2.79 bits per heavy atom. The van der Waals surface area contributed by atoms with Crippen molar-refractivity contribution in [2.45, 2.75) is 6.92 Å². The number of hydrogen-bond acceptors (Lipinski definition) is 8. The summed E-state index contributed by atoms with van der Waals surface area (Å²) in [6, 6.07) is 7.68. The smallest absolute Gasteiger partial charge is 0.358 e. The molecule has 0 aliphatic heterocycles. The van der Waals surface area contributed by atoms with Gasteiger partial charge >= 0.3 is 5.97 Å². The summed E-state index contributed by atoms with van der Waals surface area (Å²) in [4.78, 5) is 35.2. The highest BCUT2D eigenvalue weighted by Crippen LogP contribution is 2.28. The Kier molecular flexibility index (Phi) is 5.36. The van der Waals surface area contributed by atoms with Gasteiger partial charge in [-0.25, -0.2) is 14.8 Å². The lowest BCUT2D eigenvalue weighted by atomic mass is 10.3. The first-order chi connectivity index (χ1) is 14.0. The fraction of sp³-hybridized carbons (Fsp3) is 0.211. The summed E-state index contributed by atoms with van der Waals surface area (Å²) in [5.74, 6) is -0.965. The molecule has 1 aromatic carbocycles. The average Bonchev–Trinajstić information content (AvgIpc) is 3.45. The number of para-hydroxylation sites is 1. The Balaban J connectivity index is 1.41. The van der Waals surface area contributed by atoms with Gasteiger partial charge in [-0.2, -0.15) is 5.10 Å². The van der Waals surface area contributed by atoms with Crippen molar-refractivity contribution in [1.82, 2.24) is 19.7 Å². The first-order valence-electron chi connectivity index (χ1n) is 8.82. The van der Waals surface area contributed by atoms with Crippen LogP contribution in [0, 0.1) is 0 Å². The van der Waals surface area contributed by atoms with E-state index in [1.807, 2.05) is 44.4 Å². The molecule has 29 heavy (non-hydrogen) atoms. The van der Waals surface area contributed by atoms with E-state index >= 15 is 0 Å². The van der Waals surface area contributed by atoms with Crippen LogP contribution in [0.4, 0.5) is 5.13 Å². The summed E-state index contributed by atoms with van der Waals surface area (Å²) in [7, 11) is 1.81. The zero-order chi connectivity index (χ0) is 20.4. The van der Waals surface area contributed by atoms with E-state index < -0.39 is 5.97 Å². The summed E-state index contributed by atoms with van der Waals surface area (Å²) in [5.41, 5.74) is 1.83. The van der Waals surface area contributed by atoms with Crippen molar-refractivity contribution in [2.24, 2.45) is 7.05 Å². The van der Waals surface area contributed by atoms with Crippen LogP contribution < -0.4 is 4.90 Å². The van der Waals surface area contributed by atoms with E-state index in [9.17, 15) is 9.59 Å². The number of thiazole rings is 2. The van der Waals surface area contributed by atoms with Gasteiger partial charge in [-0.3, -0.25) is 14.4 Å². The van der Waals surface area contributed by atoms with Crippen LogP contribution in [0.5, 0.6) is 0 Å². The molecule has 0 fully saturated rings. The number of fused-ring (bicyclic) bond motifs is 1. The number of benzene rings is 1. The third-order valence-electron chi connectivity index (χ3n) is 4.12. The maximum Gasteiger partial charge on any atom is 0.358 e. The van der Waals surface area contributed by atoms with Crippen LogP contribution in [0.1, 0.15) is 17.4 Å². The Bertz CT molecular complexity index is 1150. The number of carbonyl (C=O) groups excluding carboxylic acids is 2. The molecule has 0 saturated heterocycles. The lowest BCUT2D eigenvalue weighted by Crippen LogP contribution is -2.34. The minimum atomic E-state index is -0.634. The summed E-state index contributed by atoms with van der Waals surface area (Å²) in [6.07, 6.45) is 3.49. The van der Waals surface area contributed by atoms with Gasteiger partial charge in [0.1, 0.15) is 5.01 Å². The number of hydrogen-bond donors (Lipinski definition) is 0. The van der Waals surface area contributed by atoms with Gasteiger partial charge in [-0.15, -0.1) is 11.3 Å². The maximum atomic E-state index is 12.6. The number of amides is 1. The fourth-order valence-corrected chi connectivity index (χ4v) is 4.52. The molecule has 4 rings (SSSR count). The molecule has 3 aromatic heterocycles. The van der Waals surface area contributed by atoms with Crippen LogP contribution in [0.25, 0.3) is 20.8 Å². The first kappa shape index (κ1) is 19.2. The lowest BCUT2D eigenvalue weighted by molar-refractivity contribution is -0.121. The number of aromatic nitrogens is 4. The maximum absolute atomic E-state index is 12.6. The zero-order valence-corrected chi connectivity index (χ0v) is 17.4. The van der Waals surface area contributed by atoms with E-state index in [4.69, 9.17) is 4.74 Å². The van der Waals surface area contributed by atoms with Crippen molar-refractivity contribution in [1.29, 1.82) is 0 Å². The van der Waals surface area contributed by atoms with Gasteiger partial charge in [0.15, 0.2) is 17.4 Å². The molecule has 0 aliphatic carbocycles. The molecule has 0 aliphatic rings. The van der Waals surface area contributed by atoms with Gasteiger partial charge in [0.05, 0.1) is 16.4 Å². The largest absolute Gasteiger partial charge is 0.451 e. The predicted molar refractivity (Wildman–Crippen MR) is 112 cm³/mol. The Labute approximate surface area is 174 Å². The Morgan fingerprint density at radius 2 is 2.07 bits per heavy atom. The van der Waals surface area contributed by atoms with Crippen LogP contribution in [-0.4, -0.2) is 44.8 Å². The van der Waals surface area contributed by atoms with Gasteiger partial charge in [0, 0.05) is 30.7 Å². The minimum absolute atomic E-state index is 0.171. The summed E-state index contributed by atoms with van der Waals surface area (Å²) < 4.78 is 7.85. The average molecular weight is 428 g/mol. The van der Waals surface area contributed by atoms with E-state index in [0.29, 0.717) is 16.7 Å². The molecule has 0 bridgehead atoms. The molecule has 0 N–H and O–H groups in total. The third-order valence-corrected chi connectivity index (χ3v) is 6.07.